The number of benzene rings is 3. The van der Waals surface area contributed by atoms with E-state index in [1.165, 1.54) is 6.07 Å². The minimum atomic E-state index is -4.51. The third-order valence-corrected chi connectivity index (χ3v) is 4.47. The van der Waals surface area contributed by atoms with Crippen LogP contribution in [0.25, 0.3) is 0 Å². The molecule has 0 aliphatic heterocycles. The summed E-state index contributed by atoms with van der Waals surface area (Å²) >= 11 is 2.11. The van der Waals surface area contributed by atoms with Crippen molar-refractivity contribution in [1.29, 1.82) is 0 Å². The molecule has 0 unspecified atom stereocenters. The Morgan fingerprint density at radius 1 is 0.852 bits per heavy atom. The molecular weight excluding hydrogens is 468 g/mol. The highest BCUT2D eigenvalue weighted by molar-refractivity contribution is 14.1. The predicted molar refractivity (Wildman–Crippen MR) is 108 cm³/mol. The van der Waals surface area contributed by atoms with E-state index in [2.05, 4.69) is 33.2 Å². The molecule has 0 spiro atoms. The Morgan fingerprint density at radius 2 is 1.52 bits per heavy atom. The first-order chi connectivity index (χ1) is 12.8. The van der Waals surface area contributed by atoms with Crippen molar-refractivity contribution in [3.05, 3.63) is 87.5 Å². The van der Waals surface area contributed by atoms with Crippen LogP contribution in [0.4, 0.5) is 30.2 Å². The van der Waals surface area contributed by atoms with E-state index in [1.807, 2.05) is 6.07 Å². The van der Waals surface area contributed by atoms with Crippen molar-refractivity contribution in [3.63, 3.8) is 0 Å². The third-order valence-electron chi connectivity index (χ3n) is 3.75. The average molecular weight is 482 g/mol. The molecule has 3 nitrogen and oxygen atoms in total. The van der Waals surface area contributed by atoms with Gasteiger partial charge < -0.3 is 10.6 Å². The van der Waals surface area contributed by atoms with Crippen LogP contribution in [-0.4, -0.2) is 5.91 Å². The van der Waals surface area contributed by atoms with Crippen molar-refractivity contribution in [3.8, 4) is 0 Å². The van der Waals surface area contributed by atoms with Gasteiger partial charge in [0.15, 0.2) is 0 Å². The van der Waals surface area contributed by atoms with E-state index in [9.17, 15) is 18.0 Å². The first-order valence-corrected chi connectivity index (χ1v) is 9.01. The van der Waals surface area contributed by atoms with E-state index in [4.69, 9.17) is 0 Å². The maximum absolute atomic E-state index is 13.1. The van der Waals surface area contributed by atoms with Crippen LogP contribution in [-0.2, 0) is 6.18 Å². The number of rotatable bonds is 4. The second kappa shape index (κ2) is 7.99. The zero-order valence-electron chi connectivity index (χ0n) is 13.8. The molecule has 0 saturated carbocycles. The van der Waals surface area contributed by atoms with E-state index in [-0.39, 0.29) is 5.69 Å². The van der Waals surface area contributed by atoms with Crippen molar-refractivity contribution >= 4 is 45.6 Å². The van der Waals surface area contributed by atoms with Gasteiger partial charge in [-0.25, -0.2) is 0 Å². The van der Waals surface area contributed by atoms with Gasteiger partial charge in [-0.05, 0) is 77.2 Å². The van der Waals surface area contributed by atoms with Crippen molar-refractivity contribution in [2.45, 2.75) is 6.18 Å². The molecule has 0 aromatic heterocycles. The zero-order chi connectivity index (χ0) is 19.4. The monoisotopic (exact) mass is 482 g/mol. The standard InChI is InChI=1S/C20H14F3IN2O/c21-20(22,23)14-8-11-17(25-16-4-2-1-3-5-16)18(12-14)26-19(27)13-6-9-15(24)10-7-13/h1-12,25H,(H,26,27). The number of carbonyl (C=O) groups excluding carboxylic acids is 1. The molecule has 3 aromatic rings. The lowest BCUT2D eigenvalue weighted by molar-refractivity contribution is -0.137. The molecule has 0 aliphatic carbocycles. The minimum absolute atomic E-state index is 0.0530. The van der Waals surface area contributed by atoms with Gasteiger partial charge in [0.2, 0.25) is 0 Å². The summed E-state index contributed by atoms with van der Waals surface area (Å²) in [7, 11) is 0. The smallest absolute Gasteiger partial charge is 0.354 e. The number of amides is 1. The highest BCUT2D eigenvalue weighted by atomic mass is 127. The van der Waals surface area contributed by atoms with Gasteiger partial charge in [-0.2, -0.15) is 13.2 Å². The summed E-state index contributed by atoms with van der Waals surface area (Å²) < 4.78 is 40.2. The Morgan fingerprint density at radius 3 is 2.15 bits per heavy atom. The van der Waals surface area contributed by atoms with E-state index in [1.54, 1.807) is 48.5 Å². The van der Waals surface area contributed by atoms with Crippen LogP contribution in [0.2, 0.25) is 0 Å². The summed E-state index contributed by atoms with van der Waals surface area (Å²) in [4.78, 5) is 12.5. The molecule has 1 amide bonds. The van der Waals surface area contributed by atoms with Gasteiger partial charge in [-0.15, -0.1) is 0 Å². The number of alkyl halides is 3. The van der Waals surface area contributed by atoms with Gasteiger partial charge in [-0.3, -0.25) is 4.79 Å². The molecule has 138 valence electrons. The predicted octanol–water partition coefficient (Wildman–Crippen LogP) is 6.31. The molecule has 0 bridgehead atoms. The van der Waals surface area contributed by atoms with E-state index in [0.717, 1.165) is 15.7 Å². The van der Waals surface area contributed by atoms with Crippen LogP contribution in [0.15, 0.2) is 72.8 Å². The molecule has 7 heteroatoms. The highest BCUT2D eigenvalue weighted by Crippen LogP contribution is 2.35. The van der Waals surface area contributed by atoms with Crippen LogP contribution >= 0.6 is 22.6 Å². The van der Waals surface area contributed by atoms with E-state index >= 15 is 0 Å². The zero-order valence-corrected chi connectivity index (χ0v) is 16.0. The number of halogens is 4. The second-order valence-corrected chi connectivity index (χ2v) is 6.96. The third kappa shape index (κ3) is 5.00. The molecular formula is C20H14F3IN2O. The summed E-state index contributed by atoms with van der Waals surface area (Å²) in [5.41, 5.74) is 0.643. The summed E-state index contributed by atoms with van der Waals surface area (Å²) in [6.07, 6.45) is -4.51. The lowest BCUT2D eigenvalue weighted by atomic mass is 10.1. The molecule has 27 heavy (non-hydrogen) atoms. The minimum Gasteiger partial charge on any atom is -0.354 e. The molecule has 2 N–H and O–H groups in total. The Kier molecular flexibility index (Phi) is 5.69. The van der Waals surface area contributed by atoms with Crippen molar-refractivity contribution < 1.29 is 18.0 Å². The Balaban J connectivity index is 1.94. The number of anilines is 3. The molecule has 0 heterocycles. The fraction of sp³-hybridized carbons (Fsp3) is 0.0500. The molecule has 0 radical (unpaired) electrons. The quantitative estimate of drug-likeness (QED) is 0.429. The molecule has 3 rings (SSSR count). The molecule has 3 aromatic carbocycles. The summed E-state index contributed by atoms with van der Waals surface area (Å²) in [5, 5.41) is 5.61. The van der Waals surface area contributed by atoms with Crippen LogP contribution in [0.3, 0.4) is 0 Å². The van der Waals surface area contributed by atoms with Crippen molar-refractivity contribution in [2.24, 2.45) is 0 Å². The Hall–Kier alpha value is -2.55. The van der Waals surface area contributed by atoms with Gasteiger partial charge in [0.25, 0.3) is 5.91 Å². The number of nitrogens with one attached hydrogen (secondary N) is 2. The van der Waals surface area contributed by atoms with Crippen LogP contribution in [0.5, 0.6) is 0 Å². The topological polar surface area (TPSA) is 41.1 Å². The summed E-state index contributed by atoms with van der Waals surface area (Å²) in [5.74, 6) is -0.484. The first-order valence-electron chi connectivity index (χ1n) is 7.93. The molecule has 0 aliphatic rings. The van der Waals surface area contributed by atoms with Crippen molar-refractivity contribution in [2.75, 3.05) is 10.6 Å². The summed E-state index contributed by atoms with van der Waals surface area (Å²) in [6.45, 7) is 0. The average Bonchev–Trinajstić information content (AvgIpc) is 2.63. The fourth-order valence-electron chi connectivity index (χ4n) is 2.41. The lowest BCUT2D eigenvalue weighted by Gasteiger charge is -2.16. The van der Waals surface area contributed by atoms with E-state index in [0.29, 0.717) is 16.9 Å². The van der Waals surface area contributed by atoms with Gasteiger partial charge >= 0.3 is 6.18 Å². The maximum atomic E-state index is 13.1. The SMILES string of the molecule is O=C(Nc1cc(C(F)(F)F)ccc1Nc1ccccc1)c1ccc(I)cc1. The number of hydrogen-bond donors (Lipinski definition) is 2. The fourth-order valence-corrected chi connectivity index (χ4v) is 2.77. The molecule has 0 saturated heterocycles. The lowest BCUT2D eigenvalue weighted by Crippen LogP contribution is -2.14. The normalized spacial score (nSPS) is 11.1. The van der Waals surface area contributed by atoms with Gasteiger partial charge in [0.1, 0.15) is 0 Å². The van der Waals surface area contributed by atoms with E-state index < -0.39 is 17.6 Å². The number of para-hydroxylation sites is 1. The highest BCUT2D eigenvalue weighted by Gasteiger charge is 2.31. The summed E-state index contributed by atoms with van der Waals surface area (Å²) in [6, 6.07) is 19.0. The van der Waals surface area contributed by atoms with Gasteiger partial charge in [0.05, 0.1) is 16.9 Å². The second-order valence-electron chi connectivity index (χ2n) is 5.71. The Bertz CT molecular complexity index is 942. The van der Waals surface area contributed by atoms with Crippen LogP contribution in [0, 0.1) is 3.57 Å². The largest absolute Gasteiger partial charge is 0.416 e. The number of carbonyl (C=O) groups is 1. The van der Waals surface area contributed by atoms with Gasteiger partial charge in [0, 0.05) is 14.8 Å². The first kappa shape index (κ1) is 19.2. The molecule has 0 fully saturated rings. The molecule has 0 atom stereocenters. The van der Waals surface area contributed by atoms with Crippen molar-refractivity contribution in [1.82, 2.24) is 0 Å². The van der Waals surface area contributed by atoms with Crippen LogP contribution < -0.4 is 10.6 Å². The maximum Gasteiger partial charge on any atom is 0.416 e. The number of hydrogen-bond acceptors (Lipinski definition) is 2. The van der Waals surface area contributed by atoms with Gasteiger partial charge in [-0.1, -0.05) is 18.2 Å². The Labute approximate surface area is 167 Å². The van der Waals surface area contributed by atoms with Crippen LogP contribution in [0.1, 0.15) is 15.9 Å².